The standard InChI is InChI=1S/C6H4FNO.C5H5N3O.CH4/c7-6-1-5(4-9)2-8-3-6;6-5-7-1-4(3-9)2-8-5;/h1-4H;1-3H,(H2,6,7,8);1H4. The number of halogens is 1. The number of aromatic nitrogens is 3. The summed E-state index contributed by atoms with van der Waals surface area (Å²) < 4.78 is 12.1. The maximum atomic E-state index is 12.1. The maximum absolute atomic E-state index is 12.1. The van der Waals surface area contributed by atoms with Crippen LogP contribution in [0.1, 0.15) is 28.1 Å². The molecule has 0 spiro atoms. The molecule has 0 radical (unpaired) electrons. The highest BCUT2D eigenvalue weighted by atomic mass is 19.1. The number of carbonyl (C=O) groups is 2. The van der Waals surface area contributed by atoms with E-state index in [0.29, 0.717) is 18.1 Å². The van der Waals surface area contributed by atoms with Crippen LogP contribution in [0, 0.1) is 5.82 Å². The van der Waals surface area contributed by atoms with Crippen molar-refractivity contribution < 1.29 is 14.0 Å². The first-order valence-corrected chi connectivity index (χ1v) is 4.74. The van der Waals surface area contributed by atoms with Crippen molar-refractivity contribution in [2.45, 2.75) is 7.43 Å². The van der Waals surface area contributed by atoms with Crippen molar-refractivity contribution in [3.05, 3.63) is 47.8 Å². The van der Waals surface area contributed by atoms with Crippen LogP contribution in [0.15, 0.2) is 30.9 Å². The predicted molar refractivity (Wildman–Crippen MR) is 68.1 cm³/mol. The molecule has 7 heteroatoms. The quantitative estimate of drug-likeness (QED) is 0.826. The highest BCUT2D eigenvalue weighted by molar-refractivity contribution is 5.74. The fourth-order valence-corrected chi connectivity index (χ4v) is 0.902. The molecule has 0 aliphatic rings. The summed E-state index contributed by atoms with van der Waals surface area (Å²) in [5, 5.41) is 0. The second-order valence-corrected chi connectivity index (χ2v) is 3.05. The van der Waals surface area contributed by atoms with Crippen molar-refractivity contribution >= 4 is 18.5 Å². The number of rotatable bonds is 2. The lowest BCUT2D eigenvalue weighted by atomic mass is 10.3. The minimum Gasteiger partial charge on any atom is -0.368 e. The third-order valence-corrected chi connectivity index (χ3v) is 1.69. The van der Waals surface area contributed by atoms with Gasteiger partial charge in [0.15, 0.2) is 12.6 Å². The molecule has 0 atom stereocenters. The lowest BCUT2D eigenvalue weighted by Crippen LogP contribution is -1.94. The molecule has 0 saturated carbocycles. The van der Waals surface area contributed by atoms with Crippen LogP contribution >= 0.6 is 0 Å². The first-order chi connectivity index (χ1) is 8.65. The van der Waals surface area contributed by atoms with Crippen LogP contribution in [-0.4, -0.2) is 27.5 Å². The van der Waals surface area contributed by atoms with Gasteiger partial charge in [0.1, 0.15) is 5.82 Å². The topological polar surface area (TPSA) is 98.8 Å². The van der Waals surface area contributed by atoms with Crippen molar-refractivity contribution in [2.75, 3.05) is 5.73 Å². The van der Waals surface area contributed by atoms with Crippen molar-refractivity contribution in [3.8, 4) is 0 Å². The molecule has 2 rings (SSSR count). The molecule has 0 fully saturated rings. The largest absolute Gasteiger partial charge is 0.368 e. The molecular weight excluding hydrogens is 251 g/mol. The van der Waals surface area contributed by atoms with Crippen LogP contribution < -0.4 is 5.73 Å². The van der Waals surface area contributed by atoms with Gasteiger partial charge in [0, 0.05) is 24.2 Å². The zero-order chi connectivity index (χ0) is 13.4. The zero-order valence-electron chi connectivity index (χ0n) is 9.15. The molecule has 100 valence electrons. The van der Waals surface area contributed by atoms with E-state index in [1.54, 1.807) is 0 Å². The smallest absolute Gasteiger partial charge is 0.219 e. The number of nitrogen functional groups attached to an aromatic ring is 1. The molecule has 2 N–H and O–H groups in total. The maximum Gasteiger partial charge on any atom is 0.219 e. The SMILES string of the molecule is C.Nc1ncc(C=O)cn1.O=Cc1cncc(F)c1. The monoisotopic (exact) mass is 264 g/mol. The van der Waals surface area contributed by atoms with E-state index in [9.17, 15) is 14.0 Å². The Hall–Kier alpha value is -2.70. The van der Waals surface area contributed by atoms with Crippen LogP contribution in [0.4, 0.5) is 10.3 Å². The molecule has 19 heavy (non-hydrogen) atoms. The molecular formula is C12H13FN4O2. The van der Waals surface area contributed by atoms with Gasteiger partial charge in [0.25, 0.3) is 0 Å². The third kappa shape index (κ3) is 5.97. The van der Waals surface area contributed by atoms with E-state index < -0.39 is 5.82 Å². The number of aldehydes is 2. The minimum absolute atomic E-state index is 0. The molecule has 6 nitrogen and oxygen atoms in total. The van der Waals surface area contributed by atoms with Crippen LogP contribution in [0.2, 0.25) is 0 Å². The number of nitrogens with zero attached hydrogens (tertiary/aromatic N) is 3. The molecule has 2 aromatic rings. The second kappa shape index (κ2) is 8.40. The Morgan fingerprint density at radius 1 is 1.00 bits per heavy atom. The van der Waals surface area contributed by atoms with E-state index in [2.05, 4.69) is 15.0 Å². The van der Waals surface area contributed by atoms with Gasteiger partial charge in [-0.2, -0.15) is 0 Å². The molecule has 0 bridgehead atoms. The van der Waals surface area contributed by atoms with Gasteiger partial charge in [0.05, 0.1) is 11.8 Å². The molecule has 0 amide bonds. The summed E-state index contributed by atoms with van der Waals surface area (Å²) in [5.41, 5.74) is 5.84. The van der Waals surface area contributed by atoms with Gasteiger partial charge >= 0.3 is 0 Å². The van der Waals surface area contributed by atoms with Gasteiger partial charge in [-0.25, -0.2) is 14.4 Å². The van der Waals surface area contributed by atoms with Crippen LogP contribution in [-0.2, 0) is 0 Å². The van der Waals surface area contributed by atoms with Crippen LogP contribution in [0.5, 0.6) is 0 Å². The molecule has 0 aromatic carbocycles. The van der Waals surface area contributed by atoms with E-state index in [0.717, 1.165) is 12.3 Å². The minimum atomic E-state index is -0.486. The van der Waals surface area contributed by atoms with E-state index in [4.69, 9.17) is 5.73 Å². The fraction of sp³-hybridized carbons (Fsp3) is 0.0833. The number of hydrogen-bond donors (Lipinski definition) is 1. The van der Waals surface area contributed by atoms with Gasteiger partial charge in [0.2, 0.25) is 5.95 Å². The summed E-state index contributed by atoms with van der Waals surface area (Å²) in [6.45, 7) is 0. The second-order valence-electron chi connectivity index (χ2n) is 3.05. The fourth-order valence-electron chi connectivity index (χ4n) is 0.902. The Bertz CT molecular complexity index is 532. The third-order valence-electron chi connectivity index (χ3n) is 1.69. The Balaban J connectivity index is 0.000000324. The summed E-state index contributed by atoms with van der Waals surface area (Å²) in [7, 11) is 0. The first kappa shape index (κ1) is 16.3. The summed E-state index contributed by atoms with van der Waals surface area (Å²) in [6.07, 6.45) is 6.31. The van der Waals surface area contributed by atoms with Crippen molar-refractivity contribution in [1.82, 2.24) is 15.0 Å². The summed E-state index contributed by atoms with van der Waals surface area (Å²) in [4.78, 5) is 30.6. The van der Waals surface area contributed by atoms with Crippen LogP contribution in [0.25, 0.3) is 0 Å². The van der Waals surface area contributed by atoms with Crippen molar-refractivity contribution in [2.24, 2.45) is 0 Å². The van der Waals surface area contributed by atoms with Gasteiger partial charge in [-0.3, -0.25) is 14.6 Å². The molecule has 2 heterocycles. The molecule has 0 aliphatic carbocycles. The van der Waals surface area contributed by atoms with E-state index in [1.165, 1.54) is 18.6 Å². The van der Waals surface area contributed by atoms with Crippen molar-refractivity contribution in [3.63, 3.8) is 0 Å². The lowest BCUT2D eigenvalue weighted by Gasteiger charge is -1.87. The molecule has 0 aliphatic heterocycles. The zero-order valence-corrected chi connectivity index (χ0v) is 9.15. The normalized spacial score (nSPS) is 8.47. The average molecular weight is 264 g/mol. The van der Waals surface area contributed by atoms with Gasteiger partial charge in [-0.1, -0.05) is 7.43 Å². The van der Waals surface area contributed by atoms with Gasteiger partial charge in [-0.05, 0) is 6.07 Å². The first-order valence-electron chi connectivity index (χ1n) is 4.74. The Labute approximate surface area is 109 Å². The molecule has 0 saturated heterocycles. The van der Waals surface area contributed by atoms with E-state index in [-0.39, 0.29) is 18.9 Å². The van der Waals surface area contributed by atoms with Crippen molar-refractivity contribution in [1.29, 1.82) is 0 Å². The Morgan fingerprint density at radius 3 is 2.00 bits per heavy atom. The summed E-state index contributed by atoms with van der Waals surface area (Å²) in [5.74, 6) is -0.305. The molecule has 0 unspecified atom stereocenters. The average Bonchev–Trinajstić information content (AvgIpc) is 2.40. The highest BCUT2D eigenvalue weighted by Crippen LogP contribution is 1.95. The molecule has 2 aromatic heterocycles. The number of nitrogens with two attached hydrogens (primary N) is 1. The van der Waals surface area contributed by atoms with Gasteiger partial charge in [-0.15, -0.1) is 0 Å². The number of anilines is 1. The number of hydrogen-bond acceptors (Lipinski definition) is 6. The summed E-state index contributed by atoms with van der Waals surface area (Å²) in [6, 6.07) is 1.12. The van der Waals surface area contributed by atoms with E-state index >= 15 is 0 Å². The number of carbonyl (C=O) groups excluding carboxylic acids is 2. The van der Waals surface area contributed by atoms with Crippen LogP contribution in [0.3, 0.4) is 0 Å². The Morgan fingerprint density at radius 2 is 1.58 bits per heavy atom. The van der Waals surface area contributed by atoms with Gasteiger partial charge < -0.3 is 5.73 Å². The van der Waals surface area contributed by atoms with E-state index in [1.807, 2.05) is 0 Å². The summed E-state index contributed by atoms with van der Waals surface area (Å²) >= 11 is 0. The predicted octanol–water partition coefficient (Wildman–Crippen LogP) is 1.54. The number of pyridine rings is 1. The Kier molecular flexibility index (Phi) is 7.21. The highest BCUT2D eigenvalue weighted by Gasteiger charge is 1.90. The lowest BCUT2D eigenvalue weighted by molar-refractivity contribution is 0.111.